The predicted octanol–water partition coefficient (Wildman–Crippen LogP) is -6.62. The van der Waals surface area contributed by atoms with Gasteiger partial charge in [-0.2, -0.15) is 0 Å². The summed E-state index contributed by atoms with van der Waals surface area (Å²) < 4.78 is 39.7. The van der Waals surface area contributed by atoms with Crippen LogP contribution in [0.2, 0.25) is 0 Å². The Bertz CT molecular complexity index is 936. The van der Waals surface area contributed by atoms with Crippen molar-refractivity contribution < 1.29 is 99.2 Å². The molecule has 1 amide bonds. The number of aliphatic hydroxyl groups excluding tert-OH is 12. The minimum Gasteiger partial charge on any atom is -0.394 e. The molecule has 21 heteroatoms. The van der Waals surface area contributed by atoms with Crippen LogP contribution in [-0.2, 0) is 38.0 Å². The summed E-state index contributed by atoms with van der Waals surface area (Å²) in [6.45, 7) is 1.31. The van der Waals surface area contributed by atoms with Gasteiger partial charge in [0.2, 0.25) is 5.91 Å². The number of aliphatic hydroxyl groups is 12. The number of carbonyl (C=O) groups excluding carboxylic acids is 1. The van der Waals surface area contributed by atoms with Crippen LogP contribution in [0.5, 0.6) is 0 Å². The van der Waals surface area contributed by atoms with Crippen molar-refractivity contribution in [3.8, 4) is 0 Å². The van der Waals surface area contributed by atoms with Gasteiger partial charge in [-0.15, -0.1) is 0 Å². The molecule has 0 bridgehead atoms. The SMILES string of the molecule is CC(=O)N[C@@H](COC(OC(CO)[C@@H](C)O)[C@@H](O)CO)C(OC1C(O)C(CO)OC(O[C@@H](C)C(CO)OC(C)[C@@H](O)CO)C1O)OC(CO)[C@H](C)O. The summed E-state index contributed by atoms with van der Waals surface area (Å²) in [4.78, 5) is 12.3. The lowest BCUT2D eigenvalue weighted by atomic mass is 9.98. The molecule has 11 unspecified atom stereocenters. The lowest BCUT2D eigenvalue weighted by Gasteiger charge is -2.45. The third-order valence-electron chi connectivity index (χ3n) is 8.00. The van der Waals surface area contributed by atoms with Gasteiger partial charge in [0, 0.05) is 6.92 Å². The highest BCUT2D eigenvalue weighted by atomic mass is 16.7. The molecule has 1 aliphatic rings. The summed E-state index contributed by atoms with van der Waals surface area (Å²) in [6.07, 6.45) is -23.6. The van der Waals surface area contributed by atoms with Crippen LogP contribution in [-0.4, -0.2) is 218 Å². The van der Waals surface area contributed by atoms with E-state index < -0.39 is 156 Å². The van der Waals surface area contributed by atoms with E-state index in [1.807, 2.05) is 0 Å². The molecule has 0 radical (unpaired) electrons. The molecule has 1 fully saturated rings. The first-order chi connectivity index (χ1) is 24.0. The standard InChI is InChI=1S/C30H59NO20/c1-13(38)21(8-34)48-28(18(31-17(5)40)12-45-29(20(42)7-33)49-22(9-35)14(2)39)51-27-25(43)24(11-37)50-30(26(27)44)47-16(4)23(10-36)46-15(3)19(41)6-32/h13-16,18-30,32-39,41-44H,6-12H2,1-5H3,(H,31,40)/t13-,14+,15?,16-,18-,19-,20-,21?,22?,23?,24?,25?,26?,27?,28?,29?,30?/m0/s1. The van der Waals surface area contributed by atoms with E-state index in [4.69, 9.17) is 33.2 Å². The maximum Gasteiger partial charge on any atom is 0.217 e. The molecule has 51 heavy (non-hydrogen) atoms. The van der Waals surface area contributed by atoms with E-state index in [2.05, 4.69) is 5.32 Å². The van der Waals surface area contributed by atoms with Crippen molar-refractivity contribution in [2.24, 2.45) is 0 Å². The summed E-state index contributed by atoms with van der Waals surface area (Å²) in [5.41, 5.74) is 0. The fourth-order valence-electron chi connectivity index (χ4n) is 4.76. The minimum atomic E-state index is -1.90. The molecular weight excluding hydrogens is 694 g/mol. The van der Waals surface area contributed by atoms with Crippen LogP contribution in [0.1, 0.15) is 34.6 Å². The topological polar surface area (TPSA) is 336 Å². The van der Waals surface area contributed by atoms with Gasteiger partial charge >= 0.3 is 0 Å². The van der Waals surface area contributed by atoms with E-state index >= 15 is 0 Å². The molecule has 0 spiro atoms. The van der Waals surface area contributed by atoms with Gasteiger partial charge in [-0.25, -0.2) is 0 Å². The number of nitrogens with one attached hydrogen (secondary N) is 1. The molecule has 1 aliphatic heterocycles. The second-order valence-corrected chi connectivity index (χ2v) is 12.3. The summed E-state index contributed by atoms with van der Waals surface area (Å²) in [7, 11) is 0. The summed E-state index contributed by atoms with van der Waals surface area (Å²) >= 11 is 0. The number of ether oxygens (including phenoxy) is 7. The van der Waals surface area contributed by atoms with Crippen LogP contribution in [0.3, 0.4) is 0 Å². The van der Waals surface area contributed by atoms with E-state index in [0.29, 0.717) is 0 Å². The van der Waals surface area contributed by atoms with Gasteiger partial charge in [-0.1, -0.05) is 0 Å². The maximum atomic E-state index is 12.3. The van der Waals surface area contributed by atoms with E-state index in [-0.39, 0.29) is 0 Å². The van der Waals surface area contributed by atoms with Gasteiger partial charge in [0.25, 0.3) is 0 Å². The van der Waals surface area contributed by atoms with Gasteiger partial charge in [-0.05, 0) is 27.7 Å². The van der Waals surface area contributed by atoms with Crippen molar-refractivity contribution in [2.45, 2.75) is 139 Å². The summed E-state index contributed by atoms with van der Waals surface area (Å²) in [6, 6.07) is -1.47. The van der Waals surface area contributed by atoms with Crippen LogP contribution in [0, 0.1) is 0 Å². The zero-order valence-corrected chi connectivity index (χ0v) is 29.4. The molecule has 1 rings (SSSR count). The second-order valence-electron chi connectivity index (χ2n) is 12.3. The molecule has 0 aliphatic carbocycles. The molecule has 21 nitrogen and oxygen atoms in total. The maximum absolute atomic E-state index is 12.3. The average molecular weight is 754 g/mol. The van der Waals surface area contributed by atoms with Crippen LogP contribution < -0.4 is 5.32 Å². The third-order valence-corrected chi connectivity index (χ3v) is 8.00. The van der Waals surface area contributed by atoms with E-state index in [9.17, 15) is 66.1 Å². The fourth-order valence-corrected chi connectivity index (χ4v) is 4.76. The van der Waals surface area contributed by atoms with Gasteiger partial charge < -0.3 is 99.8 Å². The van der Waals surface area contributed by atoms with Crippen molar-refractivity contribution in [2.75, 3.05) is 46.2 Å². The Kier molecular flexibility index (Phi) is 22.6. The first-order valence-corrected chi connectivity index (χ1v) is 16.5. The molecule has 304 valence electrons. The summed E-state index contributed by atoms with van der Waals surface area (Å²) in [5, 5.41) is 123. The monoisotopic (exact) mass is 753 g/mol. The van der Waals surface area contributed by atoms with E-state index in [0.717, 1.165) is 6.92 Å². The molecular formula is C30H59NO20. The quantitative estimate of drug-likeness (QED) is 0.0365. The smallest absolute Gasteiger partial charge is 0.217 e. The second kappa shape index (κ2) is 24.2. The molecule has 13 N–H and O–H groups in total. The Balaban J connectivity index is 3.47. The van der Waals surface area contributed by atoms with Gasteiger partial charge in [0.1, 0.15) is 61.0 Å². The molecule has 0 saturated carbocycles. The first kappa shape index (κ1) is 47.7. The Morgan fingerprint density at radius 1 is 0.686 bits per heavy atom. The Morgan fingerprint density at radius 3 is 1.67 bits per heavy atom. The van der Waals surface area contributed by atoms with Crippen LogP contribution in [0.4, 0.5) is 0 Å². The zero-order valence-electron chi connectivity index (χ0n) is 29.4. The van der Waals surface area contributed by atoms with Crippen LogP contribution in [0.15, 0.2) is 0 Å². The van der Waals surface area contributed by atoms with Crippen molar-refractivity contribution in [1.29, 1.82) is 0 Å². The molecule has 0 aromatic rings. The third kappa shape index (κ3) is 15.2. The highest BCUT2D eigenvalue weighted by Crippen LogP contribution is 2.28. The molecule has 0 aromatic heterocycles. The fraction of sp³-hybridized carbons (Fsp3) is 0.967. The zero-order chi connectivity index (χ0) is 39.0. The average Bonchev–Trinajstić information content (AvgIpc) is 3.09. The van der Waals surface area contributed by atoms with Gasteiger partial charge in [0.05, 0.1) is 70.7 Å². The number of amides is 1. The van der Waals surface area contributed by atoms with Crippen molar-refractivity contribution in [3.05, 3.63) is 0 Å². The number of rotatable bonds is 26. The molecule has 1 saturated heterocycles. The number of carbonyl (C=O) groups is 1. The first-order valence-electron chi connectivity index (χ1n) is 16.5. The van der Waals surface area contributed by atoms with Crippen molar-refractivity contribution in [3.63, 3.8) is 0 Å². The lowest BCUT2D eigenvalue weighted by Crippen LogP contribution is -2.63. The highest BCUT2D eigenvalue weighted by Gasteiger charge is 2.49. The lowest BCUT2D eigenvalue weighted by molar-refractivity contribution is -0.347. The summed E-state index contributed by atoms with van der Waals surface area (Å²) in [5.74, 6) is -0.706. The van der Waals surface area contributed by atoms with Gasteiger partial charge in [-0.3, -0.25) is 4.79 Å². The van der Waals surface area contributed by atoms with Crippen molar-refractivity contribution in [1.82, 2.24) is 5.32 Å². The molecule has 17 atom stereocenters. The Morgan fingerprint density at radius 2 is 1.22 bits per heavy atom. The highest BCUT2D eigenvalue weighted by molar-refractivity contribution is 5.73. The van der Waals surface area contributed by atoms with E-state index in [1.54, 1.807) is 0 Å². The largest absolute Gasteiger partial charge is 0.394 e. The van der Waals surface area contributed by atoms with Gasteiger partial charge in [0.15, 0.2) is 18.9 Å². The Labute approximate surface area is 295 Å². The van der Waals surface area contributed by atoms with Crippen LogP contribution >= 0.6 is 0 Å². The van der Waals surface area contributed by atoms with Crippen LogP contribution in [0.25, 0.3) is 0 Å². The predicted molar refractivity (Wildman–Crippen MR) is 169 cm³/mol. The molecule has 0 aromatic carbocycles. The normalized spacial score (nSPS) is 28.4. The van der Waals surface area contributed by atoms with Crippen molar-refractivity contribution >= 4 is 5.91 Å². The number of hydrogen-bond acceptors (Lipinski definition) is 20. The molecule has 1 heterocycles. The Hall–Kier alpha value is -1.29. The minimum absolute atomic E-state index is 0.630. The number of hydrogen-bond donors (Lipinski definition) is 13. The van der Waals surface area contributed by atoms with E-state index in [1.165, 1.54) is 27.7 Å².